The molecule has 1 aromatic carbocycles. The molecule has 0 saturated heterocycles. The smallest absolute Gasteiger partial charge is 0.191 e. The highest BCUT2D eigenvalue weighted by Gasteiger charge is 2.07. The molecule has 0 saturated carbocycles. The molecule has 0 aliphatic rings. The quantitative estimate of drug-likeness (QED) is 0.414. The first-order chi connectivity index (χ1) is 9.46. The predicted molar refractivity (Wildman–Crippen MR) is 99.1 cm³/mol. The second-order valence-corrected chi connectivity index (χ2v) is 7.05. The first-order valence-corrected chi connectivity index (χ1v) is 8.49. The van der Waals surface area contributed by atoms with Gasteiger partial charge in [-0.15, -0.1) is 24.0 Å². The Morgan fingerprint density at radius 3 is 2.57 bits per heavy atom. The first-order valence-electron chi connectivity index (χ1n) is 6.67. The largest absolute Gasteiger partial charge is 0.355 e. The summed E-state index contributed by atoms with van der Waals surface area (Å²) in [6.07, 6.45) is 0. The van der Waals surface area contributed by atoms with Crippen LogP contribution in [0.25, 0.3) is 0 Å². The van der Waals surface area contributed by atoms with Crippen molar-refractivity contribution in [1.29, 1.82) is 0 Å². The van der Waals surface area contributed by atoms with Gasteiger partial charge in [0, 0.05) is 25.9 Å². The van der Waals surface area contributed by atoms with Crippen molar-refractivity contribution >= 4 is 39.8 Å². The van der Waals surface area contributed by atoms with Crippen molar-refractivity contribution in [2.45, 2.75) is 20.4 Å². The molecule has 2 N–H and O–H groups in total. The molecule has 0 amide bonds. The van der Waals surface area contributed by atoms with Gasteiger partial charge in [0.1, 0.15) is 0 Å². The van der Waals surface area contributed by atoms with Crippen LogP contribution in [0.15, 0.2) is 29.3 Å². The number of guanidine groups is 1. The summed E-state index contributed by atoms with van der Waals surface area (Å²) >= 11 is 0. The van der Waals surface area contributed by atoms with Gasteiger partial charge in [-0.25, -0.2) is 8.42 Å². The van der Waals surface area contributed by atoms with Crippen molar-refractivity contribution in [3.63, 3.8) is 0 Å². The summed E-state index contributed by atoms with van der Waals surface area (Å²) in [5.74, 6) is 0.899. The summed E-state index contributed by atoms with van der Waals surface area (Å²) in [4.78, 5) is 4.07. The number of nitrogens with zero attached hydrogens (tertiary/aromatic N) is 1. The van der Waals surface area contributed by atoms with Crippen molar-refractivity contribution in [2.24, 2.45) is 4.99 Å². The maximum absolute atomic E-state index is 11.4. The lowest BCUT2D eigenvalue weighted by Crippen LogP contribution is -2.39. The topological polar surface area (TPSA) is 70.6 Å². The molecule has 0 spiro atoms. The monoisotopic (exact) mass is 425 g/mol. The van der Waals surface area contributed by atoms with Crippen LogP contribution in [0.4, 0.5) is 0 Å². The molecule has 0 unspecified atom stereocenters. The molecule has 1 aromatic rings. The lowest BCUT2D eigenvalue weighted by atomic mass is 10.1. The molecular formula is C14H24IN3O2S. The van der Waals surface area contributed by atoms with E-state index in [0.717, 1.165) is 5.56 Å². The summed E-state index contributed by atoms with van der Waals surface area (Å²) in [6.45, 7) is 4.72. The Bertz CT molecular complexity index is 559. The Kier molecular flexibility index (Phi) is 9.60. The molecule has 7 heteroatoms. The summed E-state index contributed by atoms with van der Waals surface area (Å²) in [6, 6.07) is 8.19. The number of hydrogen-bond donors (Lipinski definition) is 2. The summed E-state index contributed by atoms with van der Waals surface area (Å²) in [5, 5.41) is 6.17. The van der Waals surface area contributed by atoms with Crippen LogP contribution in [0, 0.1) is 6.92 Å². The van der Waals surface area contributed by atoms with Crippen molar-refractivity contribution in [3.8, 4) is 0 Å². The molecule has 0 aliphatic heterocycles. The van der Waals surface area contributed by atoms with Crippen LogP contribution in [0.2, 0.25) is 0 Å². The molecule has 21 heavy (non-hydrogen) atoms. The summed E-state index contributed by atoms with van der Waals surface area (Å²) < 4.78 is 22.8. The standard InChI is InChI=1S/C14H23N3O2S.HI/c1-4-20(18,19)9-8-16-14(15-3)17-11-13-7-5-6-12(2)10-13;/h5-7,10H,4,8-9,11H2,1-3H3,(H2,15,16,17);1H. The average molecular weight is 425 g/mol. The van der Waals surface area contributed by atoms with Crippen molar-refractivity contribution < 1.29 is 8.42 Å². The van der Waals surface area contributed by atoms with E-state index in [1.165, 1.54) is 5.56 Å². The van der Waals surface area contributed by atoms with Crippen molar-refractivity contribution in [3.05, 3.63) is 35.4 Å². The SMILES string of the molecule is CCS(=O)(=O)CCNC(=NC)NCc1cccc(C)c1.I. The van der Waals surface area contributed by atoms with E-state index in [1.54, 1.807) is 14.0 Å². The molecule has 0 aliphatic carbocycles. The molecule has 5 nitrogen and oxygen atoms in total. The van der Waals surface area contributed by atoms with Crippen LogP contribution in [0.3, 0.4) is 0 Å². The molecule has 0 aromatic heterocycles. The lowest BCUT2D eigenvalue weighted by molar-refractivity contribution is 0.595. The van der Waals surface area contributed by atoms with Crippen LogP contribution in [0.5, 0.6) is 0 Å². The van der Waals surface area contributed by atoms with E-state index in [4.69, 9.17) is 0 Å². The fraction of sp³-hybridized carbons (Fsp3) is 0.500. The Hall–Kier alpha value is -0.830. The van der Waals surface area contributed by atoms with E-state index in [2.05, 4.69) is 21.7 Å². The second-order valence-electron chi connectivity index (χ2n) is 4.58. The van der Waals surface area contributed by atoms with Crippen molar-refractivity contribution in [1.82, 2.24) is 10.6 Å². The normalized spacial score (nSPS) is 11.7. The van der Waals surface area contributed by atoms with Gasteiger partial charge in [-0.05, 0) is 12.5 Å². The van der Waals surface area contributed by atoms with Gasteiger partial charge in [0.2, 0.25) is 0 Å². The van der Waals surface area contributed by atoms with E-state index in [0.29, 0.717) is 19.0 Å². The van der Waals surface area contributed by atoms with Crippen LogP contribution in [-0.2, 0) is 16.4 Å². The van der Waals surface area contributed by atoms with Gasteiger partial charge in [-0.1, -0.05) is 36.8 Å². The van der Waals surface area contributed by atoms with Gasteiger partial charge < -0.3 is 10.6 Å². The van der Waals surface area contributed by atoms with Crippen LogP contribution in [0.1, 0.15) is 18.1 Å². The van der Waals surface area contributed by atoms with Crippen LogP contribution in [-0.4, -0.2) is 39.5 Å². The average Bonchev–Trinajstić information content (AvgIpc) is 2.42. The molecular weight excluding hydrogens is 401 g/mol. The highest BCUT2D eigenvalue weighted by atomic mass is 127. The minimum Gasteiger partial charge on any atom is -0.355 e. The Balaban J connectivity index is 0.00000400. The number of aliphatic imine (C=N–C) groups is 1. The fourth-order valence-corrected chi connectivity index (χ4v) is 2.40. The van der Waals surface area contributed by atoms with Gasteiger partial charge in [0.05, 0.1) is 5.75 Å². The number of nitrogens with one attached hydrogen (secondary N) is 2. The molecule has 0 bridgehead atoms. The number of benzene rings is 1. The molecule has 0 radical (unpaired) electrons. The Labute approximate surface area is 144 Å². The lowest BCUT2D eigenvalue weighted by Gasteiger charge is -2.12. The van der Waals surface area contributed by atoms with Crippen LogP contribution < -0.4 is 10.6 Å². The van der Waals surface area contributed by atoms with Crippen LogP contribution >= 0.6 is 24.0 Å². The molecule has 120 valence electrons. The van der Waals surface area contributed by atoms with Gasteiger partial charge >= 0.3 is 0 Å². The van der Waals surface area contributed by atoms with Gasteiger partial charge in [-0.2, -0.15) is 0 Å². The zero-order chi connectivity index (χ0) is 15.0. The third kappa shape index (κ3) is 8.25. The number of hydrogen-bond acceptors (Lipinski definition) is 3. The maximum Gasteiger partial charge on any atom is 0.191 e. The third-order valence-electron chi connectivity index (χ3n) is 2.91. The fourth-order valence-electron chi connectivity index (χ4n) is 1.70. The van der Waals surface area contributed by atoms with Gasteiger partial charge in [-0.3, -0.25) is 4.99 Å². The maximum atomic E-state index is 11.4. The summed E-state index contributed by atoms with van der Waals surface area (Å²) in [7, 11) is -1.27. The van der Waals surface area contributed by atoms with E-state index >= 15 is 0 Å². The number of halogens is 1. The molecule has 0 fully saturated rings. The minimum atomic E-state index is -2.94. The zero-order valence-electron chi connectivity index (χ0n) is 12.7. The van der Waals surface area contributed by atoms with Crippen molar-refractivity contribution in [2.75, 3.05) is 25.1 Å². The Morgan fingerprint density at radius 2 is 2.00 bits per heavy atom. The number of rotatable bonds is 6. The highest BCUT2D eigenvalue weighted by Crippen LogP contribution is 2.02. The Morgan fingerprint density at radius 1 is 1.29 bits per heavy atom. The van der Waals surface area contributed by atoms with Gasteiger partial charge in [0.25, 0.3) is 0 Å². The minimum absolute atomic E-state index is 0. The second kappa shape index (κ2) is 9.99. The third-order valence-corrected chi connectivity index (χ3v) is 4.62. The van der Waals surface area contributed by atoms with Gasteiger partial charge in [0.15, 0.2) is 15.8 Å². The number of sulfone groups is 1. The summed E-state index contributed by atoms with van der Waals surface area (Å²) in [5.41, 5.74) is 2.37. The molecule has 1 rings (SSSR count). The first kappa shape index (κ1) is 20.2. The molecule has 0 atom stereocenters. The van der Waals surface area contributed by atoms with E-state index in [1.807, 2.05) is 25.1 Å². The predicted octanol–water partition coefficient (Wildman–Crippen LogP) is 1.71. The molecule has 0 heterocycles. The van der Waals surface area contributed by atoms with E-state index < -0.39 is 9.84 Å². The van der Waals surface area contributed by atoms with E-state index in [9.17, 15) is 8.42 Å². The highest BCUT2D eigenvalue weighted by molar-refractivity contribution is 14.0. The van der Waals surface area contributed by atoms with E-state index in [-0.39, 0.29) is 35.5 Å². The zero-order valence-corrected chi connectivity index (χ0v) is 15.9. The number of aryl methyl sites for hydroxylation is 1.